The van der Waals surface area contributed by atoms with Crippen molar-refractivity contribution < 1.29 is 24.5 Å². The number of hydrogen-bond donors (Lipinski definition) is 2. The molecule has 0 aliphatic carbocycles. The number of carboxylic acids is 1. The lowest BCUT2D eigenvalue weighted by Gasteiger charge is -2.16. The first-order valence-corrected chi connectivity index (χ1v) is 6.41. The first-order chi connectivity index (χ1) is 8.97. The molecule has 0 bridgehead atoms. The highest BCUT2D eigenvalue weighted by Gasteiger charge is 2.40. The molecule has 2 atom stereocenters. The average molecular weight is 330 g/mol. The molecule has 0 aromatic heterocycles. The SMILES string of the molecule is O=C(O)[C@@H]1C[C@H](Oc2cccc(Br)c2)CN1C(=O)O. The first-order valence-electron chi connectivity index (χ1n) is 5.62. The van der Waals surface area contributed by atoms with E-state index >= 15 is 0 Å². The highest BCUT2D eigenvalue weighted by molar-refractivity contribution is 9.10. The van der Waals surface area contributed by atoms with Gasteiger partial charge in [-0.05, 0) is 18.2 Å². The Morgan fingerprint density at radius 1 is 1.37 bits per heavy atom. The molecular weight excluding hydrogens is 318 g/mol. The standard InChI is InChI=1S/C12H12BrNO5/c13-7-2-1-3-8(4-7)19-9-5-10(11(15)16)14(6-9)12(17)18/h1-4,9-10H,5-6H2,(H,15,16)(H,17,18)/t9-,10-/m0/s1. The summed E-state index contributed by atoms with van der Waals surface area (Å²) < 4.78 is 6.46. The molecule has 2 N–H and O–H groups in total. The molecule has 1 aliphatic heterocycles. The lowest BCUT2D eigenvalue weighted by atomic mass is 10.2. The second-order valence-electron chi connectivity index (χ2n) is 4.22. The van der Waals surface area contributed by atoms with Crippen molar-refractivity contribution in [2.24, 2.45) is 0 Å². The molecular formula is C12H12BrNO5. The molecule has 1 heterocycles. The van der Waals surface area contributed by atoms with E-state index in [0.29, 0.717) is 5.75 Å². The number of aliphatic carboxylic acids is 1. The maximum Gasteiger partial charge on any atom is 0.408 e. The van der Waals surface area contributed by atoms with Gasteiger partial charge in [-0.25, -0.2) is 9.59 Å². The third kappa shape index (κ3) is 3.17. The van der Waals surface area contributed by atoms with Gasteiger partial charge in [0, 0.05) is 10.9 Å². The molecule has 102 valence electrons. The van der Waals surface area contributed by atoms with E-state index in [4.69, 9.17) is 14.9 Å². The molecule has 1 aliphatic rings. The number of rotatable bonds is 3. The van der Waals surface area contributed by atoms with Gasteiger partial charge < -0.3 is 14.9 Å². The Morgan fingerprint density at radius 2 is 2.11 bits per heavy atom. The molecule has 0 unspecified atom stereocenters. The van der Waals surface area contributed by atoms with E-state index in [9.17, 15) is 9.59 Å². The molecule has 19 heavy (non-hydrogen) atoms. The zero-order valence-electron chi connectivity index (χ0n) is 9.82. The van der Waals surface area contributed by atoms with Crippen LogP contribution in [0.5, 0.6) is 5.75 Å². The van der Waals surface area contributed by atoms with Crippen molar-refractivity contribution in [2.45, 2.75) is 18.6 Å². The summed E-state index contributed by atoms with van der Waals surface area (Å²) in [5, 5.41) is 18.0. The van der Waals surface area contributed by atoms with Crippen LogP contribution in [0.25, 0.3) is 0 Å². The van der Waals surface area contributed by atoms with Crippen LogP contribution in [0.15, 0.2) is 28.7 Å². The van der Waals surface area contributed by atoms with Crippen LogP contribution in [0.4, 0.5) is 4.79 Å². The minimum Gasteiger partial charge on any atom is -0.488 e. The predicted molar refractivity (Wildman–Crippen MR) is 69.3 cm³/mol. The van der Waals surface area contributed by atoms with E-state index in [-0.39, 0.29) is 13.0 Å². The third-order valence-corrected chi connectivity index (χ3v) is 3.39. The summed E-state index contributed by atoms with van der Waals surface area (Å²) in [5.74, 6) is -0.571. The Morgan fingerprint density at radius 3 is 2.63 bits per heavy atom. The van der Waals surface area contributed by atoms with Crippen LogP contribution in [0.3, 0.4) is 0 Å². The first kappa shape index (κ1) is 13.7. The van der Waals surface area contributed by atoms with Crippen molar-refractivity contribution in [3.63, 3.8) is 0 Å². The largest absolute Gasteiger partial charge is 0.488 e. The monoisotopic (exact) mass is 329 g/mol. The molecule has 1 amide bonds. The highest BCUT2D eigenvalue weighted by atomic mass is 79.9. The van der Waals surface area contributed by atoms with Gasteiger partial charge in [-0.2, -0.15) is 0 Å². The van der Waals surface area contributed by atoms with Gasteiger partial charge in [0.25, 0.3) is 0 Å². The van der Waals surface area contributed by atoms with Crippen LogP contribution in [0, 0.1) is 0 Å². The van der Waals surface area contributed by atoms with E-state index in [2.05, 4.69) is 15.9 Å². The number of ether oxygens (including phenoxy) is 1. The average Bonchev–Trinajstić information content (AvgIpc) is 2.73. The summed E-state index contributed by atoms with van der Waals surface area (Å²) in [6.07, 6.45) is -1.55. The number of carbonyl (C=O) groups is 2. The van der Waals surface area contributed by atoms with E-state index in [1.807, 2.05) is 6.07 Å². The van der Waals surface area contributed by atoms with Crippen LogP contribution in [-0.4, -0.2) is 45.9 Å². The second-order valence-corrected chi connectivity index (χ2v) is 5.14. The van der Waals surface area contributed by atoms with Crippen molar-refractivity contribution in [2.75, 3.05) is 6.54 Å². The molecule has 2 rings (SSSR count). The number of carboxylic acid groups (broad SMARTS) is 2. The fraction of sp³-hybridized carbons (Fsp3) is 0.333. The van der Waals surface area contributed by atoms with E-state index in [0.717, 1.165) is 9.37 Å². The van der Waals surface area contributed by atoms with Gasteiger partial charge in [0.2, 0.25) is 0 Å². The molecule has 6 nitrogen and oxygen atoms in total. The van der Waals surface area contributed by atoms with Gasteiger partial charge in [0.1, 0.15) is 17.9 Å². The van der Waals surface area contributed by atoms with Crippen LogP contribution < -0.4 is 4.74 Å². The van der Waals surface area contributed by atoms with E-state index in [1.54, 1.807) is 18.2 Å². The fourth-order valence-electron chi connectivity index (χ4n) is 2.06. The predicted octanol–water partition coefficient (Wildman–Crippen LogP) is 2.03. The topological polar surface area (TPSA) is 87.1 Å². The quantitative estimate of drug-likeness (QED) is 0.886. The van der Waals surface area contributed by atoms with Gasteiger partial charge >= 0.3 is 12.1 Å². The summed E-state index contributed by atoms with van der Waals surface area (Å²) in [5.41, 5.74) is 0. The highest BCUT2D eigenvalue weighted by Crippen LogP contribution is 2.25. The van der Waals surface area contributed by atoms with Gasteiger partial charge in [-0.3, -0.25) is 4.90 Å². The number of hydrogen-bond acceptors (Lipinski definition) is 3. The zero-order chi connectivity index (χ0) is 14.0. The van der Waals surface area contributed by atoms with Gasteiger partial charge in [-0.15, -0.1) is 0 Å². The number of halogens is 1. The minimum atomic E-state index is -1.24. The Kier molecular flexibility index (Phi) is 3.94. The van der Waals surface area contributed by atoms with Crippen LogP contribution in [0.1, 0.15) is 6.42 Å². The maximum absolute atomic E-state index is 11.0. The third-order valence-electron chi connectivity index (χ3n) is 2.89. The number of benzene rings is 1. The zero-order valence-corrected chi connectivity index (χ0v) is 11.4. The Bertz CT molecular complexity index is 485. The lowest BCUT2D eigenvalue weighted by Crippen LogP contribution is -2.39. The Hall–Kier alpha value is -1.76. The van der Waals surface area contributed by atoms with Crippen molar-refractivity contribution in [3.8, 4) is 5.75 Å². The van der Waals surface area contributed by atoms with Crippen molar-refractivity contribution in [3.05, 3.63) is 28.7 Å². The van der Waals surface area contributed by atoms with Crippen LogP contribution in [-0.2, 0) is 4.79 Å². The number of likely N-dealkylation sites (tertiary alicyclic amines) is 1. The van der Waals surface area contributed by atoms with Crippen LogP contribution >= 0.6 is 15.9 Å². The molecule has 0 saturated carbocycles. The minimum absolute atomic E-state index is 0.0544. The number of nitrogens with zero attached hydrogens (tertiary/aromatic N) is 1. The molecule has 7 heteroatoms. The Labute approximate surface area is 117 Å². The molecule has 0 radical (unpaired) electrons. The normalized spacial score (nSPS) is 22.3. The van der Waals surface area contributed by atoms with Crippen LogP contribution in [0.2, 0.25) is 0 Å². The van der Waals surface area contributed by atoms with Gasteiger partial charge in [-0.1, -0.05) is 22.0 Å². The van der Waals surface area contributed by atoms with Crippen molar-refractivity contribution in [1.29, 1.82) is 0 Å². The number of amides is 1. The molecule has 1 fully saturated rings. The van der Waals surface area contributed by atoms with E-state index in [1.165, 1.54) is 0 Å². The summed E-state index contributed by atoms with van der Waals surface area (Å²) in [6, 6.07) is 6.07. The maximum atomic E-state index is 11.0. The molecule has 1 aromatic rings. The van der Waals surface area contributed by atoms with Gasteiger partial charge in [0.05, 0.1) is 6.54 Å². The molecule has 1 aromatic carbocycles. The second kappa shape index (κ2) is 5.48. The summed E-state index contributed by atoms with van der Waals surface area (Å²) in [4.78, 5) is 22.9. The summed E-state index contributed by atoms with van der Waals surface area (Å²) in [6.45, 7) is 0.0544. The Balaban J connectivity index is 2.07. The molecule has 0 spiro atoms. The van der Waals surface area contributed by atoms with Gasteiger partial charge in [0.15, 0.2) is 0 Å². The fourth-order valence-corrected chi connectivity index (χ4v) is 2.44. The summed E-state index contributed by atoms with van der Waals surface area (Å²) in [7, 11) is 0. The van der Waals surface area contributed by atoms with Crippen molar-refractivity contribution >= 4 is 28.0 Å². The molecule has 1 saturated heterocycles. The lowest BCUT2D eigenvalue weighted by molar-refractivity contribution is -0.141. The smallest absolute Gasteiger partial charge is 0.408 e. The summed E-state index contributed by atoms with van der Waals surface area (Å²) >= 11 is 3.30. The van der Waals surface area contributed by atoms with Crippen molar-refractivity contribution in [1.82, 2.24) is 4.90 Å². The van der Waals surface area contributed by atoms with E-state index < -0.39 is 24.2 Å².